The van der Waals surface area contributed by atoms with Crippen molar-refractivity contribution >= 4 is 5.71 Å². The molecule has 0 bridgehead atoms. The molecule has 0 radical (unpaired) electrons. The summed E-state index contributed by atoms with van der Waals surface area (Å²) in [7, 11) is 0. The van der Waals surface area contributed by atoms with Gasteiger partial charge in [-0.15, -0.1) is 0 Å². The summed E-state index contributed by atoms with van der Waals surface area (Å²) in [4.78, 5) is 4.19. The maximum atomic E-state index is 4.19. The predicted octanol–water partition coefficient (Wildman–Crippen LogP) is 6.92. The van der Waals surface area contributed by atoms with E-state index in [0.717, 1.165) is 41.5 Å². The standard InChI is InChI=1S/C36H67N.ClH/c1-28-29(2)31(4)36(6,30(28)3)26-25-33-21-17-13-11-12-14-18-22-34(27-33)32(5)37-35-23-19-15-9-7-8-10-16-20-24-35;/h28-31,33-35H,7-27H2,1-6H3;1H. The molecule has 3 rings (SSSR count). The van der Waals surface area contributed by atoms with Gasteiger partial charge in [0.2, 0.25) is 0 Å². The van der Waals surface area contributed by atoms with Crippen LogP contribution in [0.25, 0.3) is 0 Å². The molecule has 3 saturated carbocycles. The molecule has 3 aliphatic carbocycles. The summed E-state index contributed by atoms with van der Waals surface area (Å²) in [5.74, 6) is 5.20. The molecule has 0 aromatic rings. The molecule has 3 aliphatic rings. The molecule has 1 nitrogen and oxygen atoms in total. The maximum Gasteiger partial charge on any atom is 0.150 e. The molecule has 6 atom stereocenters. The SMILES string of the molecule is CC(=[NH+]C1CCCCCCCCCC1)C1CCCCCCCCC(CCC2(C)C(C)C(C)C(C)C2C)C1.[Cl-]. The Morgan fingerprint density at radius 1 is 0.632 bits per heavy atom. The van der Waals surface area contributed by atoms with Gasteiger partial charge in [0, 0.05) is 25.7 Å². The Kier molecular flexibility index (Phi) is 15.9. The van der Waals surface area contributed by atoms with Crippen molar-refractivity contribution in [3.63, 3.8) is 0 Å². The topological polar surface area (TPSA) is 14.0 Å². The van der Waals surface area contributed by atoms with E-state index in [1.54, 1.807) is 5.71 Å². The molecule has 2 heteroatoms. The van der Waals surface area contributed by atoms with E-state index in [1.165, 1.54) is 135 Å². The average molecular weight is 550 g/mol. The summed E-state index contributed by atoms with van der Waals surface area (Å²) >= 11 is 0. The summed E-state index contributed by atoms with van der Waals surface area (Å²) < 4.78 is 0. The van der Waals surface area contributed by atoms with Crippen LogP contribution >= 0.6 is 0 Å². The fourth-order valence-electron chi connectivity index (χ4n) is 8.89. The van der Waals surface area contributed by atoms with Crippen molar-refractivity contribution in [3.05, 3.63) is 0 Å². The van der Waals surface area contributed by atoms with E-state index in [2.05, 4.69) is 46.5 Å². The Morgan fingerprint density at radius 3 is 1.55 bits per heavy atom. The second kappa shape index (κ2) is 17.7. The smallest absolute Gasteiger partial charge is 0.150 e. The molecular formula is C36H68ClN. The van der Waals surface area contributed by atoms with Crippen molar-refractivity contribution in [1.82, 2.24) is 0 Å². The molecule has 0 spiro atoms. The Bertz CT molecular complexity index is 630. The van der Waals surface area contributed by atoms with Gasteiger partial charge in [-0.25, -0.2) is 4.99 Å². The van der Waals surface area contributed by atoms with Gasteiger partial charge >= 0.3 is 0 Å². The van der Waals surface area contributed by atoms with Crippen molar-refractivity contribution < 1.29 is 17.4 Å². The predicted molar refractivity (Wildman–Crippen MR) is 164 cm³/mol. The van der Waals surface area contributed by atoms with Crippen LogP contribution in [0.2, 0.25) is 0 Å². The van der Waals surface area contributed by atoms with Crippen molar-refractivity contribution in [2.75, 3.05) is 0 Å². The second-order valence-electron chi connectivity index (χ2n) is 14.8. The first-order valence-corrected chi connectivity index (χ1v) is 17.4. The number of halogens is 1. The van der Waals surface area contributed by atoms with Crippen LogP contribution in [0.1, 0.15) is 176 Å². The minimum absolute atomic E-state index is 0. The minimum atomic E-state index is 0. The number of nitrogens with one attached hydrogen (secondary N) is 1. The first-order valence-electron chi connectivity index (χ1n) is 17.4. The highest BCUT2D eigenvalue weighted by Gasteiger charge is 2.49. The molecule has 3 fully saturated rings. The normalized spacial score (nSPS) is 38.0. The van der Waals surface area contributed by atoms with Crippen LogP contribution in [0.15, 0.2) is 0 Å². The first kappa shape index (κ1) is 34.2. The molecule has 0 amide bonds. The molecule has 0 aromatic carbocycles. The Hall–Kier alpha value is -0.0400. The molecule has 0 heterocycles. The lowest BCUT2D eigenvalue weighted by Crippen LogP contribution is -3.00. The van der Waals surface area contributed by atoms with E-state index in [-0.39, 0.29) is 12.4 Å². The molecule has 6 unspecified atom stereocenters. The maximum absolute atomic E-state index is 4.19. The third-order valence-electron chi connectivity index (χ3n) is 12.5. The van der Waals surface area contributed by atoms with Gasteiger partial charge in [0.25, 0.3) is 0 Å². The van der Waals surface area contributed by atoms with E-state index in [1.807, 2.05) is 0 Å². The minimum Gasteiger partial charge on any atom is -1.00 e. The van der Waals surface area contributed by atoms with E-state index in [9.17, 15) is 0 Å². The van der Waals surface area contributed by atoms with Crippen molar-refractivity contribution in [2.45, 2.75) is 182 Å². The van der Waals surface area contributed by atoms with E-state index < -0.39 is 0 Å². The van der Waals surface area contributed by atoms with Crippen LogP contribution in [0.4, 0.5) is 0 Å². The van der Waals surface area contributed by atoms with Gasteiger partial charge < -0.3 is 12.4 Å². The monoisotopic (exact) mass is 550 g/mol. The van der Waals surface area contributed by atoms with Crippen molar-refractivity contribution in [3.8, 4) is 0 Å². The van der Waals surface area contributed by atoms with Crippen LogP contribution in [0, 0.1) is 40.9 Å². The summed E-state index contributed by atoms with van der Waals surface area (Å²) in [6.07, 6.45) is 30.5. The van der Waals surface area contributed by atoms with Gasteiger partial charge in [-0.05, 0) is 73.5 Å². The highest BCUT2D eigenvalue weighted by atomic mass is 35.5. The van der Waals surface area contributed by atoms with Gasteiger partial charge in [0.1, 0.15) is 0 Å². The van der Waals surface area contributed by atoms with Crippen LogP contribution in [-0.4, -0.2) is 11.8 Å². The summed E-state index contributed by atoms with van der Waals surface area (Å²) in [6, 6.07) is 0.733. The Labute approximate surface area is 246 Å². The van der Waals surface area contributed by atoms with Gasteiger partial charge in [0.15, 0.2) is 11.8 Å². The second-order valence-corrected chi connectivity index (χ2v) is 14.8. The average Bonchev–Trinajstić information content (AvgIpc) is 3.03. The lowest BCUT2D eigenvalue weighted by molar-refractivity contribution is -0.508. The van der Waals surface area contributed by atoms with Crippen LogP contribution in [0.5, 0.6) is 0 Å². The zero-order valence-corrected chi connectivity index (χ0v) is 27.5. The zero-order valence-electron chi connectivity index (χ0n) is 26.8. The third-order valence-corrected chi connectivity index (χ3v) is 12.5. The van der Waals surface area contributed by atoms with Crippen LogP contribution < -0.4 is 17.4 Å². The zero-order chi connectivity index (χ0) is 26.7. The molecule has 0 saturated heterocycles. The largest absolute Gasteiger partial charge is 1.00 e. The Morgan fingerprint density at radius 2 is 1.05 bits per heavy atom. The third kappa shape index (κ3) is 10.1. The summed E-state index contributed by atoms with van der Waals surface area (Å²) in [5, 5.41) is 0. The van der Waals surface area contributed by atoms with E-state index in [0.29, 0.717) is 5.41 Å². The molecule has 38 heavy (non-hydrogen) atoms. The van der Waals surface area contributed by atoms with E-state index >= 15 is 0 Å². The van der Waals surface area contributed by atoms with Gasteiger partial charge in [-0.1, -0.05) is 118 Å². The van der Waals surface area contributed by atoms with Gasteiger partial charge in [-0.2, -0.15) is 0 Å². The summed E-state index contributed by atoms with van der Waals surface area (Å²) in [5.41, 5.74) is 2.20. The molecule has 0 aliphatic heterocycles. The lowest BCUT2D eigenvalue weighted by Gasteiger charge is -2.37. The first-order chi connectivity index (χ1) is 17.8. The van der Waals surface area contributed by atoms with Crippen molar-refractivity contribution in [2.24, 2.45) is 40.9 Å². The van der Waals surface area contributed by atoms with Crippen LogP contribution in [-0.2, 0) is 0 Å². The lowest BCUT2D eigenvalue weighted by atomic mass is 9.68. The molecule has 0 aromatic heterocycles. The Balaban J connectivity index is 0.00000507. The fraction of sp³-hybridized carbons (Fsp3) is 0.972. The highest BCUT2D eigenvalue weighted by molar-refractivity contribution is 5.78. The number of rotatable bonds is 5. The molecule has 224 valence electrons. The fourth-order valence-corrected chi connectivity index (χ4v) is 8.89. The van der Waals surface area contributed by atoms with E-state index in [4.69, 9.17) is 0 Å². The van der Waals surface area contributed by atoms with Gasteiger partial charge in [0.05, 0.1) is 0 Å². The molecular weight excluding hydrogens is 482 g/mol. The molecule has 1 N–H and O–H groups in total. The summed E-state index contributed by atoms with van der Waals surface area (Å²) in [6.45, 7) is 15.4. The number of hydrogen-bond acceptors (Lipinski definition) is 0. The van der Waals surface area contributed by atoms with Crippen molar-refractivity contribution in [1.29, 1.82) is 0 Å². The number of hydrogen-bond donors (Lipinski definition) is 1. The quantitative estimate of drug-likeness (QED) is 0.358. The highest BCUT2D eigenvalue weighted by Crippen LogP contribution is 2.56. The van der Waals surface area contributed by atoms with Gasteiger partial charge in [-0.3, -0.25) is 0 Å². The van der Waals surface area contributed by atoms with Crippen LogP contribution in [0.3, 0.4) is 0 Å².